The number of ether oxygens (including phenoxy) is 1. The lowest BCUT2D eigenvalue weighted by atomic mass is 10.1. The lowest BCUT2D eigenvalue weighted by molar-refractivity contribution is -0.122. The summed E-state index contributed by atoms with van der Waals surface area (Å²) in [6, 6.07) is 19.8. The number of benzene rings is 2. The Hall–Kier alpha value is -3.67. The van der Waals surface area contributed by atoms with Crippen LogP contribution in [0.1, 0.15) is 29.3 Å². The van der Waals surface area contributed by atoms with E-state index in [0.717, 1.165) is 5.56 Å². The highest BCUT2D eigenvalue weighted by molar-refractivity contribution is 6.04. The molecule has 0 saturated heterocycles. The standard InChI is InChI=1S/C23H23N3O3/c1-2-21(29-18-10-4-3-5-11-18)23(28)26-20-13-7-6-12-19(20)22(27)25-16-17-9-8-14-24-15-17/h3-15,21H,2,16H2,1H3,(H,25,27)(H,26,28). The molecule has 0 aliphatic heterocycles. The van der Waals surface area contributed by atoms with Gasteiger partial charge in [0.2, 0.25) is 0 Å². The number of carbonyl (C=O) groups is 2. The number of para-hydroxylation sites is 2. The van der Waals surface area contributed by atoms with Crippen LogP contribution in [-0.2, 0) is 11.3 Å². The van der Waals surface area contributed by atoms with E-state index in [0.29, 0.717) is 30.0 Å². The Bertz CT molecular complexity index is 946. The quantitative estimate of drug-likeness (QED) is 0.614. The molecular weight excluding hydrogens is 366 g/mol. The molecular formula is C23H23N3O3. The van der Waals surface area contributed by atoms with E-state index in [1.807, 2.05) is 37.3 Å². The minimum Gasteiger partial charge on any atom is -0.481 e. The Labute approximate surface area is 169 Å². The highest BCUT2D eigenvalue weighted by Crippen LogP contribution is 2.18. The number of hydrogen-bond donors (Lipinski definition) is 2. The van der Waals surface area contributed by atoms with Crippen LogP contribution in [0.4, 0.5) is 5.69 Å². The Morgan fingerprint density at radius 1 is 1.00 bits per heavy atom. The first-order valence-electron chi connectivity index (χ1n) is 9.46. The average Bonchev–Trinajstić information content (AvgIpc) is 2.77. The summed E-state index contributed by atoms with van der Waals surface area (Å²) in [5, 5.41) is 5.67. The minimum absolute atomic E-state index is 0.276. The van der Waals surface area contributed by atoms with Gasteiger partial charge in [-0.2, -0.15) is 0 Å². The Kier molecular flexibility index (Phi) is 6.95. The predicted octanol–water partition coefficient (Wildman–Crippen LogP) is 3.81. The zero-order valence-corrected chi connectivity index (χ0v) is 16.2. The number of pyridine rings is 1. The van der Waals surface area contributed by atoms with Gasteiger partial charge in [0.25, 0.3) is 11.8 Å². The fraction of sp³-hybridized carbons (Fsp3) is 0.174. The van der Waals surface area contributed by atoms with Crippen molar-refractivity contribution in [2.45, 2.75) is 26.0 Å². The third-order valence-corrected chi connectivity index (χ3v) is 4.29. The van der Waals surface area contributed by atoms with Crippen LogP contribution in [0.15, 0.2) is 79.1 Å². The topological polar surface area (TPSA) is 80.3 Å². The average molecular weight is 389 g/mol. The first kappa shape index (κ1) is 20.1. The summed E-state index contributed by atoms with van der Waals surface area (Å²) in [5.74, 6) is 0.0441. The number of amides is 2. The van der Waals surface area contributed by atoms with Crippen molar-refractivity contribution >= 4 is 17.5 Å². The number of nitrogens with zero attached hydrogens (tertiary/aromatic N) is 1. The van der Waals surface area contributed by atoms with Crippen molar-refractivity contribution in [2.24, 2.45) is 0 Å². The van der Waals surface area contributed by atoms with E-state index in [9.17, 15) is 9.59 Å². The lowest BCUT2D eigenvalue weighted by Crippen LogP contribution is -2.33. The molecule has 0 saturated carbocycles. The van der Waals surface area contributed by atoms with Crippen molar-refractivity contribution in [3.05, 3.63) is 90.3 Å². The van der Waals surface area contributed by atoms with Crippen LogP contribution in [0.3, 0.4) is 0 Å². The summed E-state index contributed by atoms with van der Waals surface area (Å²) in [7, 11) is 0. The molecule has 29 heavy (non-hydrogen) atoms. The van der Waals surface area contributed by atoms with Gasteiger partial charge in [-0.25, -0.2) is 0 Å². The van der Waals surface area contributed by atoms with Crippen LogP contribution in [0.5, 0.6) is 5.75 Å². The van der Waals surface area contributed by atoms with E-state index in [-0.39, 0.29) is 11.8 Å². The summed E-state index contributed by atoms with van der Waals surface area (Å²) in [5.41, 5.74) is 1.72. The number of hydrogen-bond acceptors (Lipinski definition) is 4. The minimum atomic E-state index is -0.663. The van der Waals surface area contributed by atoms with Crippen molar-refractivity contribution in [1.29, 1.82) is 0 Å². The number of anilines is 1. The van der Waals surface area contributed by atoms with Crippen LogP contribution in [0.25, 0.3) is 0 Å². The normalized spacial score (nSPS) is 11.3. The summed E-state index contributed by atoms with van der Waals surface area (Å²) in [4.78, 5) is 29.4. The summed E-state index contributed by atoms with van der Waals surface area (Å²) < 4.78 is 5.78. The van der Waals surface area contributed by atoms with Crippen molar-refractivity contribution in [2.75, 3.05) is 5.32 Å². The van der Waals surface area contributed by atoms with Gasteiger partial charge in [-0.15, -0.1) is 0 Å². The first-order chi connectivity index (χ1) is 14.2. The molecule has 0 spiro atoms. The van der Waals surface area contributed by atoms with Gasteiger partial charge >= 0.3 is 0 Å². The zero-order chi connectivity index (χ0) is 20.5. The number of nitrogens with one attached hydrogen (secondary N) is 2. The number of carbonyl (C=O) groups excluding carboxylic acids is 2. The summed E-state index contributed by atoms with van der Waals surface area (Å²) in [6.45, 7) is 2.23. The van der Waals surface area contributed by atoms with Crippen LogP contribution in [-0.4, -0.2) is 22.9 Å². The molecule has 0 bridgehead atoms. The van der Waals surface area contributed by atoms with Crippen molar-refractivity contribution in [1.82, 2.24) is 10.3 Å². The van der Waals surface area contributed by atoms with Gasteiger partial charge in [0, 0.05) is 18.9 Å². The van der Waals surface area contributed by atoms with E-state index >= 15 is 0 Å². The molecule has 1 atom stereocenters. The number of aromatic nitrogens is 1. The van der Waals surface area contributed by atoms with Gasteiger partial charge in [0.1, 0.15) is 5.75 Å². The molecule has 0 fully saturated rings. The fourth-order valence-corrected chi connectivity index (χ4v) is 2.77. The Morgan fingerprint density at radius 2 is 1.76 bits per heavy atom. The van der Waals surface area contributed by atoms with Gasteiger partial charge in [-0.1, -0.05) is 43.3 Å². The van der Waals surface area contributed by atoms with Gasteiger partial charge in [0.05, 0.1) is 11.3 Å². The van der Waals surface area contributed by atoms with E-state index in [1.54, 1.807) is 48.8 Å². The molecule has 6 heteroatoms. The van der Waals surface area contributed by atoms with Crippen molar-refractivity contribution in [3.8, 4) is 5.75 Å². The second-order valence-electron chi connectivity index (χ2n) is 6.41. The molecule has 2 aromatic carbocycles. The third kappa shape index (κ3) is 5.65. The molecule has 0 aliphatic carbocycles. The zero-order valence-electron chi connectivity index (χ0n) is 16.2. The third-order valence-electron chi connectivity index (χ3n) is 4.29. The molecule has 2 amide bonds. The Morgan fingerprint density at radius 3 is 2.48 bits per heavy atom. The highest BCUT2D eigenvalue weighted by atomic mass is 16.5. The molecule has 6 nitrogen and oxygen atoms in total. The van der Waals surface area contributed by atoms with E-state index in [1.165, 1.54) is 0 Å². The number of rotatable bonds is 8. The Balaban J connectivity index is 1.67. The lowest BCUT2D eigenvalue weighted by Gasteiger charge is -2.18. The summed E-state index contributed by atoms with van der Waals surface area (Å²) >= 11 is 0. The maximum absolute atomic E-state index is 12.7. The molecule has 3 aromatic rings. The summed E-state index contributed by atoms with van der Waals surface area (Å²) in [6.07, 6.45) is 3.21. The highest BCUT2D eigenvalue weighted by Gasteiger charge is 2.21. The van der Waals surface area contributed by atoms with Crippen molar-refractivity contribution < 1.29 is 14.3 Å². The molecule has 3 rings (SSSR count). The van der Waals surface area contributed by atoms with Crippen LogP contribution in [0.2, 0.25) is 0 Å². The van der Waals surface area contributed by atoms with Gasteiger partial charge in [-0.3, -0.25) is 14.6 Å². The largest absolute Gasteiger partial charge is 0.481 e. The fourth-order valence-electron chi connectivity index (χ4n) is 2.77. The van der Waals surface area contributed by atoms with E-state index in [4.69, 9.17) is 4.74 Å². The van der Waals surface area contributed by atoms with Crippen LogP contribution in [0, 0.1) is 0 Å². The van der Waals surface area contributed by atoms with Gasteiger partial charge < -0.3 is 15.4 Å². The van der Waals surface area contributed by atoms with Crippen LogP contribution >= 0.6 is 0 Å². The van der Waals surface area contributed by atoms with E-state index in [2.05, 4.69) is 15.6 Å². The maximum Gasteiger partial charge on any atom is 0.265 e. The first-order valence-corrected chi connectivity index (χ1v) is 9.46. The molecule has 1 aromatic heterocycles. The maximum atomic E-state index is 12.7. The van der Waals surface area contributed by atoms with E-state index < -0.39 is 6.10 Å². The van der Waals surface area contributed by atoms with Gasteiger partial charge in [0.15, 0.2) is 6.10 Å². The molecule has 2 N–H and O–H groups in total. The smallest absolute Gasteiger partial charge is 0.265 e. The second kappa shape index (κ2) is 10.0. The van der Waals surface area contributed by atoms with Gasteiger partial charge in [-0.05, 0) is 42.3 Å². The molecule has 148 valence electrons. The SMILES string of the molecule is CCC(Oc1ccccc1)C(=O)Nc1ccccc1C(=O)NCc1cccnc1. The molecule has 0 aliphatic rings. The van der Waals surface area contributed by atoms with Crippen molar-refractivity contribution in [3.63, 3.8) is 0 Å². The molecule has 1 heterocycles. The monoisotopic (exact) mass is 389 g/mol. The predicted molar refractivity (Wildman–Crippen MR) is 112 cm³/mol. The second-order valence-corrected chi connectivity index (χ2v) is 6.41. The molecule has 0 radical (unpaired) electrons. The van der Waals surface area contributed by atoms with Crippen LogP contribution < -0.4 is 15.4 Å². The molecule has 1 unspecified atom stereocenters.